The van der Waals surface area contributed by atoms with Crippen molar-refractivity contribution in [2.45, 2.75) is 6.61 Å². The highest BCUT2D eigenvalue weighted by atomic mass is 16.5. The third kappa shape index (κ3) is 8.35. The standard InChI is InChI=1S/C24H24N4O3.C2H2O4/c29-23(20-8-4-10-22(16-20)31-18-19-6-2-1-3-7-19)27-12-14-28(15-13-27)24(30)26-21-9-5-11-25-17-21;3-1(4)2(5)6/h1-11,16-17H,12-15,18H2,(H,26,30);(H,3,4)(H,5,6). The van der Waals surface area contributed by atoms with E-state index in [4.69, 9.17) is 24.5 Å². The minimum Gasteiger partial charge on any atom is -0.489 e. The second-order valence-electron chi connectivity index (χ2n) is 7.86. The van der Waals surface area contributed by atoms with Gasteiger partial charge in [0.1, 0.15) is 12.4 Å². The number of carbonyl (C=O) groups excluding carboxylic acids is 2. The van der Waals surface area contributed by atoms with Gasteiger partial charge in [0, 0.05) is 37.9 Å². The fourth-order valence-electron chi connectivity index (χ4n) is 3.39. The molecular weight excluding hydrogens is 480 g/mol. The number of amides is 3. The number of carboxylic acid groups (broad SMARTS) is 2. The maximum atomic E-state index is 12.9. The molecule has 2 heterocycles. The Morgan fingerprint density at radius 3 is 2.14 bits per heavy atom. The molecule has 0 bridgehead atoms. The molecule has 1 saturated heterocycles. The van der Waals surface area contributed by atoms with Gasteiger partial charge in [0.05, 0.1) is 11.9 Å². The molecule has 1 aliphatic heterocycles. The largest absolute Gasteiger partial charge is 0.489 e. The van der Waals surface area contributed by atoms with E-state index >= 15 is 0 Å². The molecule has 3 amide bonds. The van der Waals surface area contributed by atoms with Gasteiger partial charge in [-0.25, -0.2) is 14.4 Å². The van der Waals surface area contributed by atoms with Gasteiger partial charge in [-0.05, 0) is 35.9 Å². The lowest BCUT2D eigenvalue weighted by Crippen LogP contribution is -2.51. The molecule has 192 valence electrons. The average molecular weight is 507 g/mol. The van der Waals surface area contributed by atoms with E-state index in [2.05, 4.69) is 10.3 Å². The second-order valence-corrected chi connectivity index (χ2v) is 7.86. The van der Waals surface area contributed by atoms with Gasteiger partial charge < -0.3 is 30.1 Å². The van der Waals surface area contributed by atoms with Crippen LogP contribution in [-0.2, 0) is 16.2 Å². The van der Waals surface area contributed by atoms with Crippen molar-refractivity contribution in [2.75, 3.05) is 31.5 Å². The summed E-state index contributed by atoms with van der Waals surface area (Å²) in [5, 5.41) is 17.6. The van der Waals surface area contributed by atoms with Gasteiger partial charge in [0.25, 0.3) is 5.91 Å². The van der Waals surface area contributed by atoms with Gasteiger partial charge >= 0.3 is 18.0 Å². The first kappa shape index (κ1) is 26.7. The number of piperazine rings is 1. The van der Waals surface area contributed by atoms with Gasteiger partial charge in [0.15, 0.2) is 0 Å². The molecule has 11 nitrogen and oxygen atoms in total. The summed E-state index contributed by atoms with van der Waals surface area (Å²) in [5.74, 6) is -3.05. The fourth-order valence-corrected chi connectivity index (χ4v) is 3.39. The summed E-state index contributed by atoms with van der Waals surface area (Å²) >= 11 is 0. The first-order valence-corrected chi connectivity index (χ1v) is 11.3. The lowest BCUT2D eigenvalue weighted by Gasteiger charge is -2.34. The van der Waals surface area contributed by atoms with Crippen molar-refractivity contribution < 1.29 is 34.1 Å². The Bertz CT molecular complexity index is 1200. The number of nitrogens with zero attached hydrogens (tertiary/aromatic N) is 3. The highest BCUT2D eigenvalue weighted by Gasteiger charge is 2.25. The van der Waals surface area contributed by atoms with Crippen molar-refractivity contribution in [1.29, 1.82) is 0 Å². The molecule has 37 heavy (non-hydrogen) atoms. The molecule has 2 aromatic carbocycles. The number of pyridine rings is 1. The Labute approximate surface area is 212 Å². The maximum absolute atomic E-state index is 12.9. The van der Waals surface area contributed by atoms with Crippen LogP contribution in [0.3, 0.4) is 0 Å². The summed E-state index contributed by atoms with van der Waals surface area (Å²) < 4.78 is 5.84. The zero-order valence-electron chi connectivity index (χ0n) is 19.8. The maximum Gasteiger partial charge on any atom is 0.414 e. The quantitative estimate of drug-likeness (QED) is 0.447. The number of carboxylic acids is 2. The lowest BCUT2D eigenvalue weighted by molar-refractivity contribution is -0.159. The van der Waals surface area contributed by atoms with Crippen LogP contribution in [0, 0.1) is 0 Å². The Balaban J connectivity index is 0.000000568. The van der Waals surface area contributed by atoms with E-state index in [0.29, 0.717) is 49.8 Å². The molecule has 3 aromatic rings. The van der Waals surface area contributed by atoms with Crippen LogP contribution in [0.1, 0.15) is 15.9 Å². The number of hydrogen-bond acceptors (Lipinski definition) is 6. The van der Waals surface area contributed by atoms with E-state index in [9.17, 15) is 9.59 Å². The average Bonchev–Trinajstić information content (AvgIpc) is 2.93. The van der Waals surface area contributed by atoms with E-state index in [0.717, 1.165) is 5.56 Å². The molecule has 0 unspecified atom stereocenters. The number of hydrogen-bond donors (Lipinski definition) is 3. The van der Waals surface area contributed by atoms with E-state index in [1.165, 1.54) is 0 Å². The molecule has 1 fully saturated rings. The number of carbonyl (C=O) groups is 4. The van der Waals surface area contributed by atoms with E-state index < -0.39 is 11.9 Å². The predicted molar refractivity (Wildman–Crippen MR) is 133 cm³/mol. The molecular formula is C26H26N4O7. The van der Waals surface area contributed by atoms with Crippen molar-refractivity contribution in [2.24, 2.45) is 0 Å². The minimum absolute atomic E-state index is 0.0579. The van der Waals surface area contributed by atoms with Gasteiger partial charge in [-0.2, -0.15) is 0 Å². The monoisotopic (exact) mass is 506 g/mol. The molecule has 0 saturated carbocycles. The number of urea groups is 1. The first-order chi connectivity index (χ1) is 17.8. The molecule has 0 atom stereocenters. The van der Waals surface area contributed by atoms with Crippen molar-refractivity contribution >= 4 is 29.6 Å². The Kier molecular flexibility index (Phi) is 9.54. The van der Waals surface area contributed by atoms with E-state index in [1.54, 1.807) is 46.5 Å². The van der Waals surface area contributed by atoms with Crippen LogP contribution in [0.15, 0.2) is 79.1 Å². The zero-order chi connectivity index (χ0) is 26.6. The predicted octanol–water partition coefficient (Wildman–Crippen LogP) is 2.81. The Morgan fingerprint density at radius 1 is 0.838 bits per heavy atom. The number of ether oxygens (including phenoxy) is 1. The molecule has 1 aromatic heterocycles. The van der Waals surface area contributed by atoms with Crippen molar-refractivity contribution in [3.8, 4) is 5.75 Å². The normalized spacial score (nSPS) is 12.5. The molecule has 0 spiro atoms. The smallest absolute Gasteiger partial charge is 0.414 e. The van der Waals surface area contributed by atoms with E-state index in [-0.39, 0.29) is 11.9 Å². The van der Waals surface area contributed by atoms with Crippen molar-refractivity contribution in [3.63, 3.8) is 0 Å². The fraction of sp³-hybridized carbons (Fsp3) is 0.192. The highest BCUT2D eigenvalue weighted by Crippen LogP contribution is 2.18. The second kappa shape index (κ2) is 13.2. The van der Waals surface area contributed by atoms with Gasteiger partial charge in [0.2, 0.25) is 0 Å². The van der Waals surface area contributed by atoms with Crippen LogP contribution >= 0.6 is 0 Å². The van der Waals surface area contributed by atoms with Crippen LogP contribution in [0.25, 0.3) is 0 Å². The van der Waals surface area contributed by atoms with Crippen LogP contribution in [0.4, 0.5) is 10.5 Å². The molecule has 4 rings (SSSR count). The number of anilines is 1. The summed E-state index contributed by atoms with van der Waals surface area (Å²) in [5.41, 5.74) is 2.30. The first-order valence-electron chi connectivity index (χ1n) is 11.3. The van der Waals surface area contributed by atoms with Crippen molar-refractivity contribution in [1.82, 2.24) is 14.8 Å². The summed E-state index contributed by atoms with van der Waals surface area (Å²) in [7, 11) is 0. The Morgan fingerprint density at radius 2 is 1.51 bits per heavy atom. The number of aliphatic carboxylic acids is 2. The summed E-state index contributed by atoms with van der Waals surface area (Å²) in [6, 6.07) is 20.5. The molecule has 1 aliphatic rings. The van der Waals surface area contributed by atoms with Crippen LogP contribution < -0.4 is 10.1 Å². The zero-order valence-corrected chi connectivity index (χ0v) is 19.8. The number of nitrogens with one attached hydrogen (secondary N) is 1. The minimum atomic E-state index is -1.82. The molecule has 3 N–H and O–H groups in total. The molecule has 11 heteroatoms. The van der Waals surface area contributed by atoms with Gasteiger partial charge in [-0.15, -0.1) is 0 Å². The Hall–Kier alpha value is -4.93. The molecule has 0 radical (unpaired) electrons. The summed E-state index contributed by atoms with van der Waals surface area (Å²) in [6.07, 6.45) is 3.26. The van der Waals surface area contributed by atoms with Gasteiger partial charge in [-0.1, -0.05) is 36.4 Å². The topological polar surface area (TPSA) is 149 Å². The third-order valence-electron chi connectivity index (χ3n) is 5.28. The summed E-state index contributed by atoms with van der Waals surface area (Å²) in [4.78, 5) is 51.0. The number of rotatable bonds is 5. The van der Waals surface area contributed by atoms with Gasteiger partial charge in [-0.3, -0.25) is 9.78 Å². The van der Waals surface area contributed by atoms with Crippen molar-refractivity contribution in [3.05, 3.63) is 90.3 Å². The number of benzene rings is 2. The van der Waals surface area contributed by atoms with E-state index in [1.807, 2.05) is 42.5 Å². The van der Waals surface area contributed by atoms with Crippen LogP contribution in [-0.4, -0.2) is 75.1 Å². The molecule has 0 aliphatic carbocycles. The third-order valence-corrected chi connectivity index (χ3v) is 5.28. The summed E-state index contributed by atoms with van der Waals surface area (Å²) in [6.45, 7) is 2.36. The lowest BCUT2D eigenvalue weighted by atomic mass is 10.1. The highest BCUT2D eigenvalue weighted by molar-refractivity contribution is 6.27. The SMILES string of the molecule is O=C(Nc1cccnc1)N1CCN(C(=O)c2cccc(OCc3ccccc3)c2)CC1.O=C(O)C(=O)O. The number of aromatic nitrogens is 1. The van der Waals surface area contributed by atoms with Crippen LogP contribution in [0.2, 0.25) is 0 Å². The van der Waals surface area contributed by atoms with Crippen LogP contribution in [0.5, 0.6) is 5.75 Å².